The van der Waals surface area contributed by atoms with Gasteiger partial charge >= 0.3 is 0 Å². The molecule has 2 rings (SSSR count). The molecule has 1 amide bonds. The fourth-order valence-electron chi connectivity index (χ4n) is 1.84. The summed E-state index contributed by atoms with van der Waals surface area (Å²) in [6, 6.07) is 15.1. The number of carbonyl (C=O) groups excluding carboxylic acids is 1. The highest BCUT2D eigenvalue weighted by atomic mass is 79.9. The third kappa shape index (κ3) is 6.76. The molecule has 0 aliphatic heterocycles. The SMILES string of the molecule is Cc1cccc(OCC(=O)NCC#CCOc2cccc(Br)c2)c1. The van der Waals surface area contributed by atoms with Crippen LogP contribution in [0.15, 0.2) is 53.0 Å². The van der Waals surface area contributed by atoms with Crippen LogP contribution >= 0.6 is 15.9 Å². The van der Waals surface area contributed by atoms with Crippen molar-refractivity contribution >= 4 is 21.8 Å². The molecule has 2 aromatic carbocycles. The van der Waals surface area contributed by atoms with E-state index >= 15 is 0 Å². The summed E-state index contributed by atoms with van der Waals surface area (Å²) in [7, 11) is 0. The number of hydrogen-bond donors (Lipinski definition) is 1. The average Bonchev–Trinajstić information content (AvgIpc) is 2.56. The predicted molar refractivity (Wildman–Crippen MR) is 97.1 cm³/mol. The van der Waals surface area contributed by atoms with Gasteiger partial charge in [0, 0.05) is 4.47 Å². The number of amides is 1. The Kier molecular flexibility index (Phi) is 7.19. The highest BCUT2D eigenvalue weighted by Crippen LogP contribution is 2.17. The van der Waals surface area contributed by atoms with Gasteiger partial charge in [0.25, 0.3) is 5.91 Å². The lowest BCUT2D eigenvalue weighted by atomic mass is 10.2. The second-order valence-electron chi connectivity index (χ2n) is 4.98. The van der Waals surface area contributed by atoms with Crippen molar-refractivity contribution in [2.24, 2.45) is 0 Å². The van der Waals surface area contributed by atoms with E-state index in [0.29, 0.717) is 5.75 Å². The van der Waals surface area contributed by atoms with E-state index in [1.807, 2.05) is 55.5 Å². The Morgan fingerprint density at radius 1 is 1.08 bits per heavy atom. The van der Waals surface area contributed by atoms with Gasteiger partial charge in [-0.25, -0.2) is 0 Å². The molecule has 0 radical (unpaired) electrons. The summed E-state index contributed by atoms with van der Waals surface area (Å²) in [4.78, 5) is 11.7. The van der Waals surface area contributed by atoms with Crippen LogP contribution in [0.5, 0.6) is 11.5 Å². The maximum absolute atomic E-state index is 11.7. The average molecular weight is 388 g/mol. The van der Waals surface area contributed by atoms with Gasteiger partial charge in [0.1, 0.15) is 18.1 Å². The first-order valence-corrected chi connectivity index (χ1v) is 8.23. The third-order valence-electron chi connectivity index (χ3n) is 2.97. The van der Waals surface area contributed by atoms with Gasteiger partial charge in [0.2, 0.25) is 0 Å². The topological polar surface area (TPSA) is 47.6 Å². The van der Waals surface area contributed by atoms with Crippen LogP contribution in [0.4, 0.5) is 0 Å². The number of rotatable bonds is 6. The first kappa shape index (κ1) is 17.9. The first-order valence-electron chi connectivity index (χ1n) is 7.44. The largest absolute Gasteiger partial charge is 0.484 e. The molecule has 124 valence electrons. The van der Waals surface area contributed by atoms with E-state index in [4.69, 9.17) is 9.47 Å². The highest BCUT2D eigenvalue weighted by Gasteiger charge is 2.01. The summed E-state index contributed by atoms with van der Waals surface area (Å²) in [5.41, 5.74) is 1.09. The molecule has 0 saturated carbocycles. The van der Waals surface area contributed by atoms with E-state index in [0.717, 1.165) is 15.8 Å². The highest BCUT2D eigenvalue weighted by molar-refractivity contribution is 9.10. The molecule has 0 unspecified atom stereocenters. The molecule has 0 heterocycles. The van der Waals surface area contributed by atoms with Crippen LogP contribution < -0.4 is 14.8 Å². The van der Waals surface area contributed by atoms with Crippen molar-refractivity contribution < 1.29 is 14.3 Å². The van der Waals surface area contributed by atoms with Gasteiger partial charge in [-0.3, -0.25) is 4.79 Å². The second kappa shape index (κ2) is 9.64. The zero-order chi connectivity index (χ0) is 17.2. The zero-order valence-electron chi connectivity index (χ0n) is 13.3. The molecule has 24 heavy (non-hydrogen) atoms. The predicted octanol–water partition coefficient (Wildman–Crippen LogP) is 3.33. The number of nitrogens with one attached hydrogen (secondary N) is 1. The van der Waals surface area contributed by atoms with Crippen LogP contribution in [-0.4, -0.2) is 25.7 Å². The maximum Gasteiger partial charge on any atom is 0.258 e. The minimum atomic E-state index is -0.210. The number of carbonyl (C=O) groups is 1. The van der Waals surface area contributed by atoms with Crippen molar-refractivity contribution in [1.29, 1.82) is 0 Å². The van der Waals surface area contributed by atoms with Crippen molar-refractivity contribution in [3.05, 3.63) is 58.6 Å². The quantitative estimate of drug-likeness (QED) is 0.773. The van der Waals surface area contributed by atoms with Gasteiger partial charge < -0.3 is 14.8 Å². The molecule has 0 aliphatic carbocycles. The Morgan fingerprint density at radius 3 is 2.58 bits per heavy atom. The summed E-state index contributed by atoms with van der Waals surface area (Å²) in [6.45, 7) is 2.47. The number of ether oxygens (including phenoxy) is 2. The zero-order valence-corrected chi connectivity index (χ0v) is 14.9. The van der Waals surface area contributed by atoms with Crippen molar-refractivity contribution in [3.63, 3.8) is 0 Å². The summed E-state index contributed by atoms with van der Waals surface area (Å²) >= 11 is 3.37. The molecule has 0 fully saturated rings. The molecular weight excluding hydrogens is 370 g/mol. The minimum absolute atomic E-state index is 0.0281. The summed E-state index contributed by atoms with van der Waals surface area (Å²) in [5.74, 6) is 6.90. The Balaban J connectivity index is 1.62. The van der Waals surface area contributed by atoms with Crippen LogP contribution in [0.3, 0.4) is 0 Å². The second-order valence-corrected chi connectivity index (χ2v) is 5.90. The third-order valence-corrected chi connectivity index (χ3v) is 3.46. The van der Waals surface area contributed by atoms with Gasteiger partial charge in [-0.15, -0.1) is 0 Å². The van der Waals surface area contributed by atoms with E-state index in [2.05, 4.69) is 33.1 Å². The van der Waals surface area contributed by atoms with Gasteiger partial charge in [0.15, 0.2) is 6.61 Å². The Labute approximate surface area is 150 Å². The monoisotopic (exact) mass is 387 g/mol. The van der Waals surface area contributed by atoms with E-state index in [1.54, 1.807) is 0 Å². The minimum Gasteiger partial charge on any atom is -0.484 e. The molecule has 0 spiro atoms. The van der Waals surface area contributed by atoms with Crippen molar-refractivity contribution in [1.82, 2.24) is 5.32 Å². The van der Waals surface area contributed by atoms with Crippen LogP contribution in [-0.2, 0) is 4.79 Å². The van der Waals surface area contributed by atoms with Crippen LogP contribution in [0.1, 0.15) is 5.56 Å². The Bertz CT molecular complexity index is 750. The molecule has 5 heteroatoms. The fourth-order valence-corrected chi connectivity index (χ4v) is 2.22. The lowest BCUT2D eigenvalue weighted by Crippen LogP contribution is -2.29. The van der Waals surface area contributed by atoms with E-state index in [-0.39, 0.29) is 25.7 Å². The number of benzene rings is 2. The molecule has 0 atom stereocenters. The van der Waals surface area contributed by atoms with Crippen LogP contribution in [0.2, 0.25) is 0 Å². The van der Waals surface area contributed by atoms with Gasteiger partial charge in [-0.05, 0) is 42.8 Å². The molecular formula is C19H18BrNO3. The van der Waals surface area contributed by atoms with Crippen LogP contribution in [0.25, 0.3) is 0 Å². The van der Waals surface area contributed by atoms with E-state index < -0.39 is 0 Å². The molecule has 0 aliphatic rings. The lowest BCUT2D eigenvalue weighted by molar-refractivity contribution is -0.122. The number of halogens is 1. The summed E-state index contributed by atoms with van der Waals surface area (Å²) in [5, 5.41) is 2.67. The molecule has 0 aromatic heterocycles. The summed E-state index contributed by atoms with van der Waals surface area (Å²) < 4.78 is 11.8. The lowest BCUT2D eigenvalue weighted by Gasteiger charge is -2.06. The van der Waals surface area contributed by atoms with Crippen molar-refractivity contribution in [2.75, 3.05) is 19.8 Å². The number of hydrogen-bond acceptors (Lipinski definition) is 3. The van der Waals surface area contributed by atoms with E-state index in [1.165, 1.54) is 0 Å². The fraction of sp³-hybridized carbons (Fsp3) is 0.211. The van der Waals surface area contributed by atoms with Gasteiger partial charge in [-0.2, -0.15) is 0 Å². The van der Waals surface area contributed by atoms with Crippen LogP contribution in [0, 0.1) is 18.8 Å². The standard InChI is InChI=1S/C19H18BrNO3/c1-15-6-4-8-17(12-15)24-14-19(22)21-10-2-3-11-23-18-9-5-7-16(20)13-18/h4-9,12-13H,10-11,14H2,1H3,(H,21,22). The summed E-state index contributed by atoms with van der Waals surface area (Å²) in [6.07, 6.45) is 0. The molecule has 0 saturated heterocycles. The van der Waals surface area contributed by atoms with E-state index in [9.17, 15) is 4.79 Å². The molecule has 4 nitrogen and oxygen atoms in total. The first-order chi connectivity index (χ1) is 11.6. The van der Waals surface area contributed by atoms with Gasteiger partial charge in [-0.1, -0.05) is 46.0 Å². The Hall–Kier alpha value is -2.45. The molecule has 2 aromatic rings. The molecule has 1 N–H and O–H groups in total. The Morgan fingerprint density at radius 2 is 1.83 bits per heavy atom. The number of aryl methyl sites for hydroxylation is 1. The maximum atomic E-state index is 11.7. The van der Waals surface area contributed by atoms with Gasteiger partial charge in [0.05, 0.1) is 6.54 Å². The molecule has 0 bridgehead atoms. The smallest absolute Gasteiger partial charge is 0.258 e. The van der Waals surface area contributed by atoms with Crippen molar-refractivity contribution in [2.45, 2.75) is 6.92 Å². The van der Waals surface area contributed by atoms with Crippen molar-refractivity contribution in [3.8, 4) is 23.3 Å². The normalized spacial score (nSPS) is 9.58.